The van der Waals surface area contributed by atoms with Gasteiger partial charge in [0.1, 0.15) is 11.5 Å². The molecule has 2 aromatic carbocycles. The molecule has 1 N–H and O–H groups in total. The number of ether oxygens (including phenoxy) is 1. The SMILES string of the molecule is CC(=O)CCc1ccc(OCC(=O)NC2CCN(C(=O)c3ccc(C)cc3)CC2)cc1. The summed E-state index contributed by atoms with van der Waals surface area (Å²) < 4.78 is 5.57. The van der Waals surface area contributed by atoms with Gasteiger partial charge in [-0.15, -0.1) is 0 Å². The van der Waals surface area contributed by atoms with E-state index < -0.39 is 0 Å². The number of carbonyl (C=O) groups excluding carboxylic acids is 3. The van der Waals surface area contributed by atoms with Crippen molar-refractivity contribution in [3.05, 3.63) is 65.2 Å². The molecule has 0 spiro atoms. The van der Waals surface area contributed by atoms with E-state index in [2.05, 4.69) is 5.32 Å². The van der Waals surface area contributed by atoms with Gasteiger partial charge < -0.3 is 19.7 Å². The van der Waals surface area contributed by atoms with Gasteiger partial charge in [-0.1, -0.05) is 29.8 Å². The van der Waals surface area contributed by atoms with Crippen molar-refractivity contribution >= 4 is 17.6 Å². The number of nitrogens with one attached hydrogen (secondary N) is 1. The quantitative estimate of drug-likeness (QED) is 0.708. The lowest BCUT2D eigenvalue weighted by molar-refractivity contribution is -0.124. The van der Waals surface area contributed by atoms with Gasteiger partial charge in [-0.2, -0.15) is 0 Å². The third kappa shape index (κ3) is 6.95. The lowest BCUT2D eigenvalue weighted by Gasteiger charge is -2.32. The molecule has 1 aliphatic rings. The van der Waals surface area contributed by atoms with Gasteiger partial charge in [0.05, 0.1) is 0 Å². The summed E-state index contributed by atoms with van der Waals surface area (Å²) in [6.45, 7) is 4.79. The zero-order chi connectivity index (χ0) is 22.2. The predicted octanol–water partition coefficient (Wildman–Crippen LogP) is 3.32. The van der Waals surface area contributed by atoms with Crippen LogP contribution in [0.25, 0.3) is 0 Å². The molecule has 0 bridgehead atoms. The number of amides is 2. The molecule has 2 aromatic rings. The van der Waals surface area contributed by atoms with Crippen molar-refractivity contribution in [2.45, 2.75) is 45.6 Å². The summed E-state index contributed by atoms with van der Waals surface area (Å²) in [5, 5.41) is 3.00. The van der Waals surface area contributed by atoms with Crippen molar-refractivity contribution in [3.63, 3.8) is 0 Å². The smallest absolute Gasteiger partial charge is 0.258 e. The second kappa shape index (κ2) is 10.8. The van der Waals surface area contributed by atoms with Gasteiger partial charge >= 0.3 is 0 Å². The summed E-state index contributed by atoms with van der Waals surface area (Å²) in [5.74, 6) is 0.673. The summed E-state index contributed by atoms with van der Waals surface area (Å²) in [7, 11) is 0. The molecule has 0 aromatic heterocycles. The lowest BCUT2D eigenvalue weighted by atomic mass is 10.0. The van der Waals surface area contributed by atoms with Crippen molar-refractivity contribution in [2.75, 3.05) is 19.7 Å². The largest absolute Gasteiger partial charge is 0.484 e. The van der Waals surface area contributed by atoms with Crippen LogP contribution in [0, 0.1) is 6.92 Å². The molecular weight excluding hydrogens is 392 g/mol. The third-order valence-corrected chi connectivity index (χ3v) is 5.50. The molecule has 1 aliphatic heterocycles. The topological polar surface area (TPSA) is 75.7 Å². The standard InChI is InChI=1S/C25H30N2O4/c1-18-3-9-21(10-4-18)25(30)27-15-13-22(14-16-27)26-24(29)17-31-23-11-7-20(8-12-23)6-5-19(2)28/h3-4,7-12,22H,5-6,13-17H2,1-2H3,(H,26,29). The van der Waals surface area contributed by atoms with E-state index in [1.165, 1.54) is 0 Å². The number of benzene rings is 2. The molecule has 1 heterocycles. The van der Waals surface area contributed by atoms with Gasteiger partial charge in [0, 0.05) is 31.1 Å². The first-order valence-electron chi connectivity index (χ1n) is 10.8. The molecule has 0 saturated carbocycles. The average Bonchev–Trinajstić information content (AvgIpc) is 2.77. The van der Waals surface area contributed by atoms with Gasteiger partial charge in [-0.3, -0.25) is 9.59 Å². The molecule has 3 rings (SSSR count). The molecule has 0 atom stereocenters. The van der Waals surface area contributed by atoms with Crippen molar-refractivity contribution < 1.29 is 19.1 Å². The Hall–Kier alpha value is -3.15. The number of Topliss-reactive ketones (excluding diaryl/α,β-unsaturated/α-hetero) is 1. The molecule has 1 fully saturated rings. The molecule has 31 heavy (non-hydrogen) atoms. The van der Waals surface area contributed by atoms with E-state index in [0.29, 0.717) is 37.2 Å². The zero-order valence-corrected chi connectivity index (χ0v) is 18.2. The van der Waals surface area contributed by atoms with Crippen LogP contribution in [-0.4, -0.2) is 48.2 Å². The zero-order valence-electron chi connectivity index (χ0n) is 18.2. The first kappa shape index (κ1) is 22.5. The molecule has 1 saturated heterocycles. The fraction of sp³-hybridized carbons (Fsp3) is 0.400. The summed E-state index contributed by atoms with van der Waals surface area (Å²) in [6, 6.07) is 15.1. The first-order valence-corrected chi connectivity index (χ1v) is 10.8. The van der Waals surface area contributed by atoms with Crippen LogP contribution in [-0.2, 0) is 16.0 Å². The Morgan fingerprint density at radius 1 is 1.00 bits per heavy atom. The van der Waals surface area contributed by atoms with Gasteiger partial charge in [-0.25, -0.2) is 0 Å². The van der Waals surface area contributed by atoms with Gasteiger partial charge in [0.25, 0.3) is 11.8 Å². The van der Waals surface area contributed by atoms with E-state index in [9.17, 15) is 14.4 Å². The van der Waals surface area contributed by atoms with Crippen molar-refractivity contribution in [1.29, 1.82) is 0 Å². The van der Waals surface area contributed by atoms with Gasteiger partial charge in [0.2, 0.25) is 0 Å². The molecule has 0 radical (unpaired) electrons. The van der Waals surface area contributed by atoms with E-state index in [-0.39, 0.29) is 30.2 Å². The number of nitrogens with zero attached hydrogens (tertiary/aromatic N) is 1. The third-order valence-electron chi connectivity index (χ3n) is 5.50. The van der Waals surface area contributed by atoms with Gasteiger partial charge in [-0.05, 0) is 62.9 Å². The Morgan fingerprint density at radius 3 is 2.26 bits per heavy atom. The Kier molecular flexibility index (Phi) is 7.82. The molecule has 0 unspecified atom stereocenters. The molecular formula is C25H30N2O4. The maximum absolute atomic E-state index is 12.6. The van der Waals surface area contributed by atoms with E-state index in [4.69, 9.17) is 4.74 Å². The summed E-state index contributed by atoms with van der Waals surface area (Å²) in [4.78, 5) is 37.8. The number of ketones is 1. The van der Waals surface area contributed by atoms with Crippen LogP contribution in [0.3, 0.4) is 0 Å². The minimum atomic E-state index is -0.163. The lowest BCUT2D eigenvalue weighted by Crippen LogP contribution is -2.47. The minimum absolute atomic E-state index is 0.0415. The second-order valence-electron chi connectivity index (χ2n) is 8.13. The number of aryl methyl sites for hydroxylation is 2. The minimum Gasteiger partial charge on any atom is -0.484 e. The Bertz CT molecular complexity index is 898. The molecule has 2 amide bonds. The summed E-state index contributed by atoms with van der Waals surface area (Å²) in [5.41, 5.74) is 2.90. The fourth-order valence-corrected chi connectivity index (χ4v) is 3.60. The Morgan fingerprint density at radius 2 is 1.65 bits per heavy atom. The van der Waals surface area contributed by atoms with Crippen LogP contribution in [0.1, 0.15) is 47.7 Å². The first-order chi connectivity index (χ1) is 14.9. The van der Waals surface area contributed by atoms with Crippen molar-refractivity contribution in [3.8, 4) is 5.75 Å². The summed E-state index contributed by atoms with van der Waals surface area (Å²) >= 11 is 0. The van der Waals surface area contributed by atoms with Crippen LogP contribution in [0.15, 0.2) is 48.5 Å². The fourth-order valence-electron chi connectivity index (χ4n) is 3.60. The van der Waals surface area contributed by atoms with E-state index >= 15 is 0 Å². The van der Waals surface area contributed by atoms with Crippen LogP contribution in [0.4, 0.5) is 0 Å². The number of hydrogen-bond donors (Lipinski definition) is 1. The molecule has 6 heteroatoms. The number of piperidine rings is 1. The average molecular weight is 423 g/mol. The summed E-state index contributed by atoms with van der Waals surface area (Å²) in [6.07, 6.45) is 2.70. The van der Waals surface area contributed by atoms with Crippen LogP contribution in [0.2, 0.25) is 0 Å². The second-order valence-corrected chi connectivity index (χ2v) is 8.13. The van der Waals surface area contributed by atoms with Crippen LogP contribution in [0.5, 0.6) is 5.75 Å². The van der Waals surface area contributed by atoms with E-state index in [1.54, 1.807) is 6.92 Å². The normalized spacial score (nSPS) is 14.2. The van der Waals surface area contributed by atoms with Gasteiger partial charge in [0.15, 0.2) is 6.61 Å². The maximum Gasteiger partial charge on any atom is 0.258 e. The molecule has 0 aliphatic carbocycles. The predicted molar refractivity (Wildman–Crippen MR) is 119 cm³/mol. The van der Waals surface area contributed by atoms with Crippen molar-refractivity contribution in [2.24, 2.45) is 0 Å². The van der Waals surface area contributed by atoms with Crippen LogP contribution < -0.4 is 10.1 Å². The molecule has 164 valence electrons. The Labute approximate surface area is 183 Å². The monoisotopic (exact) mass is 422 g/mol. The highest BCUT2D eigenvalue weighted by atomic mass is 16.5. The van der Waals surface area contributed by atoms with E-state index in [1.807, 2.05) is 60.4 Å². The van der Waals surface area contributed by atoms with Crippen molar-refractivity contribution in [1.82, 2.24) is 10.2 Å². The highest BCUT2D eigenvalue weighted by Crippen LogP contribution is 2.16. The number of rotatable bonds is 8. The highest BCUT2D eigenvalue weighted by molar-refractivity contribution is 5.94. The van der Waals surface area contributed by atoms with E-state index in [0.717, 1.165) is 24.0 Å². The number of hydrogen-bond acceptors (Lipinski definition) is 4. The Balaban J connectivity index is 1.38. The maximum atomic E-state index is 12.6. The number of carbonyl (C=O) groups is 3. The number of likely N-dealkylation sites (tertiary alicyclic amines) is 1. The highest BCUT2D eigenvalue weighted by Gasteiger charge is 2.24. The molecule has 6 nitrogen and oxygen atoms in total. The van der Waals surface area contributed by atoms with Crippen LogP contribution >= 0.6 is 0 Å².